The number of carboxylic acids is 1. The number of hydrogen-bond acceptors (Lipinski definition) is 3. The minimum Gasteiger partial charge on any atom is -0.481 e. The van der Waals surface area contributed by atoms with Crippen LogP contribution in [0, 0.1) is 11.3 Å². The minimum absolute atomic E-state index is 0.0479. The van der Waals surface area contributed by atoms with Gasteiger partial charge in [0.1, 0.15) is 12.2 Å². The molecule has 0 fully saturated rings. The average Bonchev–Trinajstić information content (AvgIpc) is 2.51. The fourth-order valence-electron chi connectivity index (χ4n) is 1.34. The second-order valence-electron chi connectivity index (χ2n) is 4.35. The Morgan fingerprint density at radius 2 is 2.27 bits per heavy atom. The van der Waals surface area contributed by atoms with Crippen LogP contribution in [0.1, 0.15) is 26.6 Å². The summed E-state index contributed by atoms with van der Waals surface area (Å²) >= 11 is 0. The van der Waals surface area contributed by atoms with E-state index in [0.29, 0.717) is 12.2 Å². The Labute approximate surface area is 89.1 Å². The van der Waals surface area contributed by atoms with E-state index in [9.17, 15) is 9.90 Å². The van der Waals surface area contributed by atoms with Gasteiger partial charge in [-0.2, -0.15) is 5.10 Å². The average molecular weight is 211 g/mol. The van der Waals surface area contributed by atoms with Crippen molar-refractivity contribution in [2.24, 2.45) is 18.4 Å². The number of aliphatic carboxylic acids is 1. The van der Waals surface area contributed by atoms with Crippen LogP contribution in [0.4, 0.5) is 0 Å². The maximum absolute atomic E-state index is 11.2. The highest BCUT2D eigenvalue weighted by Gasteiger charge is 2.37. The highest BCUT2D eigenvalue weighted by atomic mass is 16.4. The van der Waals surface area contributed by atoms with Crippen LogP contribution in [-0.2, 0) is 18.3 Å². The van der Waals surface area contributed by atoms with Crippen molar-refractivity contribution in [1.29, 1.82) is 0 Å². The predicted octanol–water partition coefficient (Wildman–Crippen LogP) is 1.10. The van der Waals surface area contributed by atoms with Gasteiger partial charge in [-0.1, -0.05) is 13.8 Å². The molecule has 0 aliphatic heterocycles. The zero-order chi connectivity index (χ0) is 11.6. The molecule has 1 unspecified atom stereocenters. The van der Waals surface area contributed by atoms with Gasteiger partial charge in [0.2, 0.25) is 0 Å². The molecule has 1 atom stereocenters. The number of aryl methyl sites for hydroxylation is 1. The normalized spacial score (nSPS) is 15.3. The highest BCUT2D eigenvalue weighted by Crippen LogP contribution is 2.30. The summed E-state index contributed by atoms with van der Waals surface area (Å²) in [5.41, 5.74) is -0.791. The van der Waals surface area contributed by atoms with Crippen molar-refractivity contribution in [3.8, 4) is 0 Å². The Morgan fingerprint density at radius 1 is 1.67 bits per heavy atom. The fraction of sp³-hybridized carbons (Fsp3) is 0.700. The number of rotatable bonds is 4. The Balaban J connectivity index is 2.95. The second-order valence-corrected chi connectivity index (χ2v) is 4.35. The van der Waals surface area contributed by atoms with Crippen molar-refractivity contribution >= 4 is 5.97 Å². The Bertz CT molecular complexity index is 359. The standard InChI is InChI=1S/C10H17N3O2/c1-7(2)10(3,9(14)15)5-8-11-6-12-13(8)4/h6-7H,5H2,1-4H3,(H,14,15). The van der Waals surface area contributed by atoms with E-state index in [2.05, 4.69) is 10.1 Å². The van der Waals surface area contributed by atoms with Crippen LogP contribution in [0.3, 0.4) is 0 Å². The first-order valence-corrected chi connectivity index (χ1v) is 4.94. The van der Waals surface area contributed by atoms with E-state index < -0.39 is 11.4 Å². The van der Waals surface area contributed by atoms with Crippen LogP contribution in [0.2, 0.25) is 0 Å². The molecule has 5 heteroatoms. The summed E-state index contributed by atoms with van der Waals surface area (Å²) in [5.74, 6) is -0.0409. The molecule has 1 rings (SSSR count). The second kappa shape index (κ2) is 4.00. The first kappa shape index (κ1) is 11.7. The Hall–Kier alpha value is -1.39. The van der Waals surface area contributed by atoms with E-state index in [0.717, 1.165) is 0 Å². The maximum Gasteiger partial charge on any atom is 0.310 e. The molecule has 0 spiro atoms. The van der Waals surface area contributed by atoms with Crippen LogP contribution >= 0.6 is 0 Å². The highest BCUT2D eigenvalue weighted by molar-refractivity contribution is 5.74. The van der Waals surface area contributed by atoms with E-state index in [-0.39, 0.29) is 5.92 Å². The van der Waals surface area contributed by atoms with E-state index >= 15 is 0 Å². The van der Waals surface area contributed by atoms with Crippen molar-refractivity contribution in [1.82, 2.24) is 14.8 Å². The molecule has 0 radical (unpaired) electrons. The molecule has 0 saturated carbocycles. The van der Waals surface area contributed by atoms with E-state index in [4.69, 9.17) is 0 Å². The fourth-order valence-corrected chi connectivity index (χ4v) is 1.34. The van der Waals surface area contributed by atoms with Gasteiger partial charge in [0.25, 0.3) is 0 Å². The maximum atomic E-state index is 11.2. The molecule has 0 aliphatic carbocycles. The lowest BCUT2D eigenvalue weighted by atomic mass is 9.76. The lowest BCUT2D eigenvalue weighted by molar-refractivity contribution is -0.150. The van der Waals surface area contributed by atoms with Gasteiger partial charge in [-0.25, -0.2) is 4.98 Å². The molecule has 84 valence electrons. The van der Waals surface area contributed by atoms with Crippen molar-refractivity contribution in [3.63, 3.8) is 0 Å². The number of carboxylic acid groups (broad SMARTS) is 1. The predicted molar refractivity (Wildman–Crippen MR) is 55.3 cm³/mol. The minimum atomic E-state index is -0.791. The van der Waals surface area contributed by atoms with Gasteiger partial charge < -0.3 is 5.11 Å². The number of nitrogens with zero attached hydrogens (tertiary/aromatic N) is 3. The number of carbonyl (C=O) groups is 1. The first-order chi connectivity index (χ1) is 6.88. The molecule has 0 saturated heterocycles. The van der Waals surface area contributed by atoms with Crippen molar-refractivity contribution in [3.05, 3.63) is 12.2 Å². The quantitative estimate of drug-likeness (QED) is 0.809. The van der Waals surface area contributed by atoms with Crippen LogP contribution in [0.25, 0.3) is 0 Å². The zero-order valence-corrected chi connectivity index (χ0v) is 9.56. The summed E-state index contributed by atoms with van der Waals surface area (Å²) in [5, 5.41) is 13.2. The number of aromatic nitrogens is 3. The molecule has 1 heterocycles. The van der Waals surface area contributed by atoms with E-state index in [1.165, 1.54) is 6.33 Å². The van der Waals surface area contributed by atoms with Gasteiger partial charge in [-0.3, -0.25) is 9.48 Å². The summed E-state index contributed by atoms with van der Waals surface area (Å²) < 4.78 is 1.61. The SMILES string of the molecule is CC(C)C(C)(Cc1ncnn1C)C(=O)O. The molecule has 0 bridgehead atoms. The summed E-state index contributed by atoms with van der Waals surface area (Å²) in [6, 6.07) is 0. The van der Waals surface area contributed by atoms with Gasteiger partial charge >= 0.3 is 5.97 Å². The molecule has 15 heavy (non-hydrogen) atoms. The summed E-state index contributed by atoms with van der Waals surface area (Å²) in [7, 11) is 1.77. The molecule has 1 aromatic rings. The first-order valence-electron chi connectivity index (χ1n) is 4.94. The third kappa shape index (κ3) is 2.16. The van der Waals surface area contributed by atoms with Crippen LogP contribution in [-0.4, -0.2) is 25.8 Å². The molecule has 5 nitrogen and oxygen atoms in total. The lowest BCUT2D eigenvalue weighted by Crippen LogP contribution is -2.36. The summed E-state index contributed by atoms with van der Waals surface area (Å²) in [4.78, 5) is 15.3. The smallest absolute Gasteiger partial charge is 0.310 e. The number of hydrogen-bond donors (Lipinski definition) is 1. The van der Waals surface area contributed by atoms with E-state index in [1.54, 1.807) is 18.7 Å². The lowest BCUT2D eigenvalue weighted by Gasteiger charge is -2.28. The van der Waals surface area contributed by atoms with Crippen LogP contribution in [0.15, 0.2) is 6.33 Å². The molecular formula is C10H17N3O2. The van der Waals surface area contributed by atoms with Crippen molar-refractivity contribution in [2.75, 3.05) is 0 Å². The molecular weight excluding hydrogens is 194 g/mol. The molecule has 0 aliphatic rings. The Kier molecular flexibility index (Phi) is 3.12. The molecule has 1 aromatic heterocycles. The third-order valence-corrected chi connectivity index (χ3v) is 3.09. The topological polar surface area (TPSA) is 68.0 Å². The van der Waals surface area contributed by atoms with Crippen LogP contribution in [0.5, 0.6) is 0 Å². The monoisotopic (exact) mass is 211 g/mol. The summed E-state index contributed by atoms with van der Waals surface area (Å²) in [6.45, 7) is 5.56. The Morgan fingerprint density at radius 3 is 2.60 bits per heavy atom. The van der Waals surface area contributed by atoms with Crippen molar-refractivity contribution < 1.29 is 9.90 Å². The molecule has 0 aromatic carbocycles. The van der Waals surface area contributed by atoms with Gasteiger partial charge in [-0.05, 0) is 12.8 Å². The van der Waals surface area contributed by atoms with Crippen LogP contribution < -0.4 is 0 Å². The largest absolute Gasteiger partial charge is 0.481 e. The van der Waals surface area contributed by atoms with Gasteiger partial charge in [0.05, 0.1) is 5.41 Å². The van der Waals surface area contributed by atoms with Gasteiger partial charge in [0.15, 0.2) is 0 Å². The van der Waals surface area contributed by atoms with E-state index in [1.807, 2.05) is 13.8 Å². The van der Waals surface area contributed by atoms with Gasteiger partial charge in [-0.15, -0.1) is 0 Å². The molecule has 1 N–H and O–H groups in total. The molecule has 0 amide bonds. The van der Waals surface area contributed by atoms with Gasteiger partial charge in [0, 0.05) is 13.5 Å². The summed E-state index contributed by atoms with van der Waals surface area (Å²) in [6.07, 6.45) is 1.84. The third-order valence-electron chi connectivity index (χ3n) is 3.09. The van der Waals surface area contributed by atoms with Crippen molar-refractivity contribution in [2.45, 2.75) is 27.2 Å². The zero-order valence-electron chi connectivity index (χ0n) is 9.56.